The van der Waals surface area contributed by atoms with Gasteiger partial charge in [-0.1, -0.05) is 0 Å². The average Bonchev–Trinajstić information content (AvgIpc) is 2.99. The lowest BCUT2D eigenvalue weighted by atomic mass is 10.0. The zero-order chi connectivity index (χ0) is 12.7. The highest BCUT2D eigenvalue weighted by atomic mass is 79.9. The Morgan fingerprint density at radius 1 is 1.50 bits per heavy atom. The molecule has 1 aliphatic rings. The first-order chi connectivity index (χ1) is 8.66. The van der Waals surface area contributed by atoms with Gasteiger partial charge in [-0.25, -0.2) is 0 Å². The molecule has 0 amide bonds. The fourth-order valence-electron chi connectivity index (χ4n) is 2.75. The largest absolute Gasteiger partial charge is 0.309 e. The summed E-state index contributed by atoms with van der Waals surface area (Å²) in [5.74, 6) is 0. The second kappa shape index (κ2) is 4.79. The molecule has 3 nitrogen and oxygen atoms in total. The Balaban J connectivity index is 2.12. The van der Waals surface area contributed by atoms with E-state index in [0.717, 1.165) is 12.2 Å². The van der Waals surface area contributed by atoms with Crippen molar-refractivity contribution >= 4 is 27.3 Å². The Bertz CT molecular complexity index is 567. The van der Waals surface area contributed by atoms with Crippen molar-refractivity contribution in [1.82, 2.24) is 15.1 Å². The molecule has 3 heterocycles. The van der Waals surface area contributed by atoms with Gasteiger partial charge in [-0.05, 0) is 54.4 Å². The molecule has 1 atom stereocenters. The molecular weight excluding hydrogens is 310 g/mol. The highest BCUT2D eigenvalue weighted by Crippen LogP contribution is 2.39. The monoisotopic (exact) mass is 325 g/mol. The van der Waals surface area contributed by atoms with Crippen LogP contribution in [0.25, 0.3) is 10.4 Å². The van der Waals surface area contributed by atoms with Crippen LogP contribution in [0.3, 0.4) is 0 Å². The van der Waals surface area contributed by atoms with Crippen LogP contribution >= 0.6 is 27.3 Å². The van der Waals surface area contributed by atoms with Crippen LogP contribution in [0.5, 0.6) is 0 Å². The third kappa shape index (κ3) is 2.04. The van der Waals surface area contributed by atoms with Gasteiger partial charge in [0, 0.05) is 23.5 Å². The third-order valence-electron chi connectivity index (χ3n) is 3.48. The molecule has 0 radical (unpaired) electrons. The summed E-state index contributed by atoms with van der Waals surface area (Å²) < 4.78 is 3.22. The number of aryl methyl sites for hydroxylation is 2. The maximum Gasteiger partial charge on any atom is 0.0705 e. The van der Waals surface area contributed by atoms with Crippen molar-refractivity contribution in [3.05, 3.63) is 27.3 Å². The van der Waals surface area contributed by atoms with Crippen LogP contribution in [0.1, 0.15) is 30.3 Å². The molecule has 1 saturated heterocycles. The van der Waals surface area contributed by atoms with E-state index in [1.54, 1.807) is 11.3 Å². The first-order valence-electron chi connectivity index (χ1n) is 6.19. The van der Waals surface area contributed by atoms with Gasteiger partial charge in [0.1, 0.15) is 0 Å². The van der Waals surface area contributed by atoms with Crippen molar-refractivity contribution < 1.29 is 0 Å². The van der Waals surface area contributed by atoms with Gasteiger partial charge in [0.05, 0.1) is 15.2 Å². The smallest absolute Gasteiger partial charge is 0.0705 e. The summed E-state index contributed by atoms with van der Waals surface area (Å²) in [5.41, 5.74) is 3.77. The van der Waals surface area contributed by atoms with E-state index in [9.17, 15) is 0 Å². The van der Waals surface area contributed by atoms with Gasteiger partial charge in [-0.3, -0.25) is 4.68 Å². The highest BCUT2D eigenvalue weighted by molar-refractivity contribution is 9.11. The van der Waals surface area contributed by atoms with E-state index in [2.05, 4.69) is 52.4 Å². The molecule has 2 aromatic rings. The Kier molecular flexibility index (Phi) is 3.30. The number of aromatic nitrogens is 2. The fraction of sp³-hybridized carbons (Fsp3) is 0.462. The lowest BCUT2D eigenvalue weighted by molar-refractivity contribution is 0.574. The highest BCUT2D eigenvalue weighted by Gasteiger charge is 2.26. The van der Waals surface area contributed by atoms with Gasteiger partial charge in [0.2, 0.25) is 0 Å². The number of hydrogen-bond donors (Lipinski definition) is 1. The molecule has 0 saturated carbocycles. The minimum absolute atomic E-state index is 0.451. The summed E-state index contributed by atoms with van der Waals surface area (Å²) in [4.78, 5) is 1.30. The van der Waals surface area contributed by atoms with E-state index in [1.165, 1.54) is 32.8 Å². The molecule has 0 aliphatic carbocycles. The first kappa shape index (κ1) is 12.4. The quantitative estimate of drug-likeness (QED) is 0.913. The molecule has 18 heavy (non-hydrogen) atoms. The molecule has 1 unspecified atom stereocenters. The number of halogens is 1. The van der Waals surface area contributed by atoms with E-state index in [-0.39, 0.29) is 0 Å². The van der Waals surface area contributed by atoms with Crippen molar-refractivity contribution in [1.29, 1.82) is 0 Å². The fourth-order valence-corrected chi connectivity index (χ4v) is 4.24. The van der Waals surface area contributed by atoms with Gasteiger partial charge < -0.3 is 5.32 Å². The van der Waals surface area contributed by atoms with Crippen molar-refractivity contribution in [2.75, 3.05) is 6.54 Å². The van der Waals surface area contributed by atoms with Crippen LogP contribution in [0.2, 0.25) is 0 Å². The zero-order valence-corrected chi connectivity index (χ0v) is 12.9. The van der Waals surface area contributed by atoms with E-state index >= 15 is 0 Å². The molecular formula is C13H16BrN3S. The Morgan fingerprint density at radius 2 is 2.33 bits per heavy atom. The standard InChI is InChI=1S/C13H16BrN3S/c1-8-12(10-5-6-11(14)18-10)13(17(2)16-8)9-4-3-7-15-9/h5-6,9,15H,3-4,7H2,1-2H3. The summed E-state index contributed by atoms with van der Waals surface area (Å²) in [6, 6.07) is 4.74. The SMILES string of the molecule is Cc1nn(C)c(C2CCCN2)c1-c1ccc(Br)s1. The number of nitrogens with one attached hydrogen (secondary N) is 1. The summed E-state index contributed by atoms with van der Waals surface area (Å²) in [6.07, 6.45) is 2.46. The molecule has 1 aliphatic heterocycles. The van der Waals surface area contributed by atoms with Crippen LogP contribution < -0.4 is 5.32 Å². The second-order valence-electron chi connectivity index (χ2n) is 4.72. The number of thiophene rings is 1. The predicted molar refractivity (Wildman–Crippen MR) is 78.9 cm³/mol. The third-order valence-corrected chi connectivity index (χ3v) is 5.12. The van der Waals surface area contributed by atoms with E-state index in [4.69, 9.17) is 0 Å². The molecule has 96 valence electrons. The lowest BCUT2D eigenvalue weighted by Crippen LogP contribution is -2.16. The van der Waals surface area contributed by atoms with Crippen molar-refractivity contribution in [2.24, 2.45) is 7.05 Å². The van der Waals surface area contributed by atoms with Crippen molar-refractivity contribution in [3.63, 3.8) is 0 Å². The molecule has 3 rings (SSSR count). The van der Waals surface area contributed by atoms with Crippen molar-refractivity contribution in [3.8, 4) is 10.4 Å². The maximum atomic E-state index is 4.61. The van der Waals surface area contributed by atoms with Crippen LogP contribution in [0.4, 0.5) is 0 Å². The van der Waals surface area contributed by atoms with Gasteiger partial charge in [-0.2, -0.15) is 5.10 Å². The van der Waals surface area contributed by atoms with E-state index in [1.807, 2.05) is 4.68 Å². The van der Waals surface area contributed by atoms with Crippen LogP contribution in [-0.2, 0) is 7.05 Å². The van der Waals surface area contributed by atoms with Gasteiger partial charge in [-0.15, -0.1) is 11.3 Å². The first-order valence-corrected chi connectivity index (χ1v) is 7.80. The molecule has 0 aromatic carbocycles. The van der Waals surface area contributed by atoms with Gasteiger partial charge in [0.15, 0.2) is 0 Å². The van der Waals surface area contributed by atoms with Crippen molar-refractivity contribution in [2.45, 2.75) is 25.8 Å². The topological polar surface area (TPSA) is 29.9 Å². The molecule has 0 spiro atoms. The lowest BCUT2D eigenvalue weighted by Gasteiger charge is -2.13. The van der Waals surface area contributed by atoms with E-state index < -0.39 is 0 Å². The summed E-state index contributed by atoms with van der Waals surface area (Å²) in [5, 5.41) is 8.19. The molecule has 5 heteroatoms. The minimum atomic E-state index is 0.451. The van der Waals surface area contributed by atoms with Gasteiger partial charge >= 0.3 is 0 Å². The second-order valence-corrected chi connectivity index (χ2v) is 7.18. The molecule has 2 aromatic heterocycles. The molecule has 1 fully saturated rings. The van der Waals surface area contributed by atoms with Gasteiger partial charge in [0.25, 0.3) is 0 Å². The average molecular weight is 326 g/mol. The Hall–Kier alpha value is -0.650. The number of rotatable bonds is 2. The minimum Gasteiger partial charge on any atom is -0.309 e. The number of nitrogens with zero attached hydrogens (tertiary/aromatic N) is 2. The zero-order valence-electron chi connectivity index (χ0n) is 10.5. The summed E-state index contributed by atoms with van der Waals surface area (Å²) in [7, 11) is 2.05. The molecule has 1 N–H and O–H groups in total. The van der Waals surface area contributed by atoms with Crippen LogP contribution in [0, 0.1) is 6.92 Å². The van der Waals surface area contributed by atoms with Crippen LogP contribution in [0.15, 0.2) is 15.9 Å². The molecule has 0 bridgehead atoms. The summed E-state index contributed by atoms with van der Waals surface area (Å²) >= 11 is 5.32. The predicted octanol–water partition coefficient (Wildman–Crippen LogP) is 3.64. The van der Waals surface area contributed by atoms with E-state index in [0.29, 0.717) is 6.04 Å². The Labute approximate surface area is 119 Å². The Morgan fingerprint density at radius 3 is 2.94 bits per heavy atom. The maximum absolute atomic E-state index is 4.61. The normalized spacial score (nSPS) is 19.6. The van der Waals surface area contributed by atoms with Crippen LogP contribution in [-0.4, -0.2) is 16.3 Å². The number of hydrogen-bond acceptors (Lipinski definition) is 3. The summed E-state index contributed by atoms with van der Waals surface area (Å²) in [6.45, 7) is 3.21.